The van der Waals surface area contributed by atoms with E-state index >= 15 is 4.39 Å². The van der Waals surface area contributed by atoms with Crippen LogP contribution in [0.15, 0.2) is 54.6 Å². The fourth-order valence-corrected chi connectivity index (χ4v) is 10.6. The minimum atomic E-state index is -1.42. The number of anilines is 2. The van der Waals surface area contributed by atoms with Gasteiger partial charge in [0.05, 0.1) is 10.6 Å². The van der Waals surface area contributed by atoms with Crippen LogP contribution in [0, 0.1) is 16.7 Å². The lowest BCUT2D eigenvalue weighted by atomic mass is 9.76. The van der Waals surface area contributed by atoms with Crippen molar-refractivity contribution in [1.82, 2.24) is 20.0 Å². The van der Waals surface area contributed by atoms with Crippen molar-refractivity contribution in [3.05, 3.63) is 93.0 Å². The number of likely N-dealkylation sites (tertiary alicyclic amines) is 1. The number of piperidine rings is 3. The molecule has 296 valence electrons. The van der Waals surface area contributed by atoms with Crippen LogP contribution in [0.3, 0.4) is 0 Å². The van der Waals surface area contributed by atoms with Gasteiger partial charge in [-0.3, -0.25) is 29.4 Å². The monoisotopic (exact) mass is 791 g/mol. The maximum absolute atomic E-state index is 16.3. The summed E-state index contributed by atoms with van der Waals surface area (Å²) in [6.07, 6.45) is 4.35. The van der Waals surface area contributed by atoms with Crippen molar-refractivity contribution >= 4 is 46.6 Å². The van der Waals surface area contributed by atoms with Crippen LogP contribution in [0.5, 0.6) is 0 Å². The number of alkyl halides is 1. The van der Waals surface area contributed by atoms with Crippen LogP contribution in [0.2, 0.25) is 5.02 Å². The van der Waals surface area contributed by atoms with Crippen molar-refractivity contribution < 1.29 is 23.6 Å². The zero-order valence-electron chi connectivity index (χ0n) is 32.2. The molecule has 13 heteroatoms. The molecule has 0 aromatic heterocycles. The zero-order chi connectivity index (χ0) is 39.6. The van der Waals surface area contributed by atoms with Crippen LogP contribution >= 0.6 is 11.6 Å². The average molecular weight is 792 g/mol. The quantitative estimate of drug-likeness (QED) is 0.311. The van der Waals surface area contributed by atoms with Gasteiger partial charge < -0.3 is 19.6 Å². The van der Waals surface area contributed by atoms with Crippen molar-refractivity contribution in [1.29, 1.82) is 5.26 Å². The summed E-state index contributed by atoms with van der Waals surface area (Å²) in [5.74, 6) is -0.999. The number of carbonyl (C=O) groups excluding carboxylic acids is 4. The molecule has 1 N–H and O–H groups in total. The number of benzene rings is 3. The summed E-state index contributed by atoms with van der Waals surface area (Å²) in [7, 11) is 0. The lowest BCUT2D eigenvalue weighted by Crippen LogP contribution is -2.52. The van der Waals surface area contributed by atoms with Crippen LogP contribution in [0.4, 0.5) is 15.8 Å². The number of carbonyl (C=O) groups is 4. The second-order valence-corrected chi connectivity index (χ2v) is 17.7. The highest BCUT2D eigenvalue weighted by molar-refractivity contribution is 6.32. The number of nitriles is 1. The molecule has 11 nitrogen and oxygen atoms in total. The van der Waals surface area contributed by atoms with E-state index in [0.29, 0.717) is 66.9 Å². The summed E-state index contributed by atoms with van der Waals surface area (Å²) in [5.41, 5.74) is 5.62. The van der Waals surface area contributed by atoms with Gasteiger partial charge >= 0.3 is 0 Å². The van der Waals surface area contributed by atoms with Crippen LogP contribution in [0.25, 0.3) is 0 Å². The normalized spacial score (nSPS) is 24.1. The number of hydrogen-bond acceptors (Lipinski definition) is 8. The van der Waals surface area contributed by atoms with E-state index in [1.54, 1.807) is 15.9 Å². The molecule has 2 atom stereocenters. The number of hydrogen-bond donors (Lipinski definition) is 1. The molecule has 0 radical (unpaired) electrons. The van der Waals surface area contributed by atoms with E-state index in [9.17, 15) is 24.4 Å². The Morgan fingerprint density at radius 2 is 1.60 bits per heavy atom. The van der Waals surface area contributed by atoms with Crippen molar-refractivity contribution in [2.75, 3.05) is 49.1 Å². The van der Waals surface area contributed by atoms with E-state index in [1.165, 1.54) is 0 Å². The lowest BCUT2D eigenvalue weighted by molar-refractivity contribution is -0.136. The van der Waals surface area contributed by atoms with Gasteiger partial charge in [0.25, 0.3) is 11.8 Å². The summed E-state index contributed by atoms with van der Waals surface area (Å²) in [6.45, 7) is 7.54. The topological polar surface area (TPSA) is 120 Å². The maximum atomic E-state index is 16.3. The number of halogens is 2. The molecule has 6 aliphatic heterocycles. The Hall–Kier alpha value is -4.99. The molecule has 4 fully saturated rings. The van der Waals surface area contributed by atoms with E-state index in [1.807, 2.05) is 48.5 Å². The van der Waals surface area contributed by atoms with Crippen LogP contribution in [-0.2, 0) is 29.2 Å². The highest BCUT2D eigenvalue weighted by atomic mass is 35.5. The Bertz CT molecular complexity index is 2190. The molecule has 0 saturated carbocycles. The highest BCUT2D eigenvalue weighted by Crippen LogP contribution is 2.46. The van der Waals surface area contributed by atoms with Gasteiger partial charge in [-0.25, -0.2) is 4.39 Å². The van der Waals surface area contributed by atoms with Gasteiger partial charge in [-0.15, -0.1) is 0 Å². The van der Waals surface area contributed by atoms with Crippen molar-refractivity contribution in [3.8, 4) is 6.07 Å². The SMILES string of the molecule is CC1CC2(CCN(c3ccc(C(=O)N4CCC(F)(CN5Cc6cc7c(cc6C5)C(=O)N(C5CCC(=O)NC5=O)C7)CC4)cc3)CC2)CN1c1ccc(C#N)c(Cl)c1. The molecule has 6 heterocycles. The average Bonchev–Trinajstić information content (AvgIpc) is 3.85. The molecule has 0 bridgehead atoms. The Labute approximate surface area is 337 Å². The predicted molar refractivity (Wildman–Crippen MR) is 213 cm³/mol. The van der Waals surface area contributed by atoms with Gasteiger partial charge in [-0.1, -0.05) is 17.7 Å². The fraction of sp³-hybridized carbons (Fsp3) is 0.477. The minimum Gasteiger partial charge on any atom is -0.371 e. The van der Waals surface area contributed by atoms with Crippen molar-refractivity contribution in [2.24, 2.45) is 5.41 Å². The molecule has 3 aromatic carbocycles. The molecule has 4 saturated heterocycles. The number of imide groups is 1. The lowest BCUT2D eigenvalue weighted by Gasteiger charge is -2.40. The van der Waals surface area contributed by atoms with E-state index in [4.69, 9.17) is 11.6 Å². The number of rotatable bonds is 6. The molecule has 57 heavy (non-hydrogen) atoms. The number of nitrogens with one attached hydrogen (secondary N) is 1. The zero-order valence-corrected chi connectivity index (χ0v) is 33.0. The first kappa shape index (κ1) is 37.6. The first-order valence-electron chi connectivity index (χ1n) is 20.2. The van der Waals surface area contributed by atoms with E-state index in [2.05, 4.69) is 33.0 Å². The standard InChI is InChI=1S/C44H47ClFN7O4/c1-28-21-43(26-53(28)35-7-4-30(22-47)37(45)20-35)10-14-50(15-11-43)34-5-2-29(3-6-34)41(56)51-16-12-44(46,13-17-51)27-49-23-31-18-33-25-52(38-8-9-39(54)48-40(38)55)42(57)36(33)19-32(31)24-49/h2-7,18-20,28,38H,8-17,21,23-27H2,1H3,(H,48,54,55). The van der Waals surface area contributed by atoms with Gasteiger partial charge in [-0.05, 0) is 103 Å². The third kappa shape index (κ3) is 7.03. The molecule has 0 aliphatic carbocycles. The Kier molecular flexibility index (Phi) is 9.52. The first-order chi connectivity index (χ1) is 27.4. The molecule has 6 aliphatic rings. The minimum absolute atomic E-state index is 0.0664. The Balaban J connectivity index is 0.751. The molecule has 9 rings (SSSR count). The first-order valence-corrected chi connectivity index (χ1v) is 20.6. The summed E-state index contributed by atoms with van der Waals surface area (Å²) in [5, 5.41) is 12.1. The van der Waals surface area contributed by atoms with Gasteiger partial charge in [0.15, 0.2) is 0 Å². The van der Waals surface area contributed by atoms with Gasteiger partial charge in [0.2, 0.25) is 11.8 Å². The molecule has 4 amide bonds. The van der Waals surface area contributed by atoms with E-state index in [0.717, 1.165) is 67.0 Å². The maximum Gasteiger partial charge on any atom is 0.255 e. The third-order valence-electron chi connectivity index (χ3n) is 13.6. The van der Waals surface area contributed by atoms with Gasteiger partial charge in [-0.2, -0.15) is 5.26 Å². The van der Waals surface area contributed by atoms with Crippen molar-refractivity contribution in [2.45, 2.75) is 89.3 Å². The van der Waals surface area contributed by atoms with Crippen LogP contribution in [-0.4, -0.2) is 95.3 Å². The largest absolute Gasteiger partial charge is 0.371 e. The highest BCUT2D eigenvalue weighted by Gasteiger charge is 2.45. The summed E-state index contributed by atoms with van der Waals surface area (Å²) in [6, 6.07) is 19.4. The molecular formula is C44H47ClFN7O4. The predicted octanol–water partition coefficient (Wildman–Crippen LogP) is 5.82. The molecular weight excluding hydrogens is 745 g/mol. The summed E-state index contributed by atoms with van der Waals surface area (Å²) in [4.78, 5) is 61.2. The van der Waals surface area contributed by atoms with Crippen LogP contribution in [0.1, 0.15) is 94.8 Å². The smallest absolute Gasteiger partial charge is 0.255 e. The number of nitrogens with zero attached hydrogens (tertiary/aromatic N) is 6. The molecule has 1 spiro atoms. The Morgan fingerprint density at radius 1 is 0.895 bits per heavy atom. The van der Waals surface area contributed by atoms with E-state index in [-0.39, 0.29) is 48.9 Å². The summed E-state index contributed by atoms with van der Waals surface area (Å²) < 4.78 is 16.3. The Morgan fingerprint density at radius 3 is 2.28 bits per heavy atom. The third-order valence-corrected chi connectivity index (χ3v) is 13.9. The fourth-order valence-electron chi connectivity index (χ4n) is 10.4. The number of amides is 4. The van der Waals surface area contributed by atoms with E-state index < -0.39 is 17.6 Å². The number of fused-ring (bicyclic) bond motifs is 2. The van der Waals surface area contributed by atoms with Gasteiger partial charge in [0, 0.05) is 107 Å². The van der Waals surface area contributed by atoms with Gasteiger partial charge in [0.1, 0.15) is 17.8 Å². The van der Waals surface area contributed by atoms with Crippen LogP contribution < -0.4 is 15.1 Å². The second-order valence-electron chi connectivity index (χ2n) is 17.3. The molecule has 3 aromatic rings. The second kappa shape index (κ2) is 14.4. The molecule has 2 unspecified atom stereocenters. The van der Waals surface area contributed by atoms with Crippen molar-refractivity contribution in [3.63, 3.8) is 0 Å². The summed E-state index contributed by atoms with van der Waals surface area (Å²) >= 11 is 6.37.